The Balaban J connectivity index is 1.78. The molecule has 6 heteroatoms. The monoisotopic (exact) mass is 440 g/mol. The van der Waals surface area contributed by atoms with Gasteiger partial charge in [0.15, 0.2) is 0 Å². The number of hydrogen-bond donors (Lipinski definition) is 3. The number of carbonyl (C=O) groups is 2. The van der Waals surface area contributed by atoms with E-state index in [1.807, 2.05) is 19.1 Å². The van der Waals surface area contributed by atoms with Crippen molar-refractivity contribution in [3.8, 4) is 0 Å². The molecule has 0 saturated heterocycles. The SMILES string of the molecule is Cc1oc(C(C)(C)C)cc1C(Nc1ccc(C(=O)NCCC(=O)O)cc1)C1CCCCC1. The normalized spacial score (nSPS) is 15.9. The van der Waals surface area contributed by atoms with Crippen LogP contribution in [-0.4, -0.2) is 23.5 Å². The minimum atomic E-state index is -0.928. The maximum Gasteiger partial charge on any atom is 0.305 e. The van der Waals surface area contributed by atoms with Crippen molar-refractivity contribution in [2.45, 2.75) is 77.7 Å². The molecular weight excluding hydrogens is 404 g/mol. The van der Waals surface area contributed by atoms with E-state index < -0.39 is 5.97 Å². The van der Waals surface area contributed by atoms with Crippen molar-refractivity contribution >= 4 is 17.6 Å². The number of amides is 1. The van der Waals surface area contributed by atoms with Crippen LogP contribution in [0.3, 0.4) is 0 Å². The topological polar surface area (TPSA) is 91.6 Å². The van der Waals surface area contributed by atoms with Crippen molar-refractivity contribution in [3.05, 3.63) is 53.0 Å². The van der Waals surface area contributed by atoms with Crippen LogP contribution in [0.2, 0.25) is 0 Å². The molecule has 0 radical (unpaired) electrons. The molecule has 174 valence electrons. The first-order chi connectivity index (χ1) is 15.1. The Bertz CT molecular complexity index is 918. The van der Waals surface area contributed by atoms with Crippen LogP contribution in [0.25, 0.3) is 0 Å². The molecule has 6 nitrogen and oxygen atoms in total. The first-order valence-corrected chi connectivity index (χ1v) is 11.6. The second-order valence-electron chi connectivity index (χ2n) is 9.87. The van der Waals surface area contributed by atoms with Crippen LogP contribution < -0.4 is 10.6 Å². The number of rotatable bonds is 8. The van der Waals surface area contributed by atoms with Gasteiger partial charge in [0.2, 0.25) is 0 Å². The Morgan fingerprint density at radius 1 is 1.12 bits per heavy atom. The lowest BCUT2D eigenvalue weighted by atomic mass is 9.80. The summed E-state index contributed by atoms with van der Waals surface area (Å²) in [7, 11) is 0. The highest BCUT2D eigenvalue weighted by molar-refractivity contribution is 5.94. The Kier molecular flexibility index (Phi) is 7.64. The minimum absolute atomic E-state index is 0.0459. The molecule has 0 bridgehead atoms. The van der Waals surface area contributed by atoms with Crippen LogP contribution in [0, 0.1) is 12.8 Å². The summed E-state index contributed by atoms with van der Waals surface area (Å²) in [6.07, 6.45) is 6.10. The third kappa shape index (κ3) is 6.15. The van der Waals surface area contributed by atoms with Gasteiger partial charge in [0.05, 0.1) is 12.5 Å². The average molecular weight is 441 g/mol. The first-order valence-electron chi connectivity index (χ1n) is 11.6. The van der Waals surface area contributed by atoms with E-state index >= 15 is 0 Å². The molecule has 1 aliphatic rings. The van der Waals surface area contributed by atoms with Gasteiger partial charge in [0, 0.05) is 28.8 Å². The lowest BCUT2D eigenvalue weighted by Crippen LogP contribution is -2.26. The van der Waals surface area contributed by atoms with Crippen molar-refractivity contribution < 1.29 is 19.1 Å². The van der Waals surface area contributed by atoms with Gasteiger partial charge in [-0.15, -0.1) is 0 Å². The third-order valence-electron chi connectivity index (χ3n) is 6.25. The lowest BCUT2D eigenvalue weighted by Gasteiger charge is -2.31. The fourth-order valence-corrected chi connectivity index (χ4v) is 4.37. The third-order valence-corrected chi connectivity index (χ3v) is 6.25. The number of benzene rings is 1. The Morgan fingerprint density at radius 2 is 1.78 bits per heavy atom. The molecular formula is C26H36N2O4. The average Bonchev–Trinajstić information content (AvgIpc) is 3.14. The van der Waals surface area contributed by atoms with Crippen LogP contribution in [0.5, 0.6) is 0 Å². The summed E-state index contributed by atoms with van der Waals surface area (Å²) in [6, 6.07) is 9.76. The zero-order valence-electron chi connectivity index (χ0n) is 19.7. The van der Waals surface area contributed by atoms with Crippen LogP contribution in [0.1, 0.15) is 92.8 Å². The van der Waals surface area contributed by atoms with E-state index in [2.05, 4.69) is 37.5 Å². The standard InChI is InChI=1S/C26H36N2O4/c1-17-21(16-22(32-17)26(2,3)4)24(18-8-6-5-7-9-18)28-20-12-10-19(11-13-20)25(31)27-15-14-23(29)30/h10-13,16,18,24,28H,5-9,14-15H2,1-4H3,(H,27,31)(H,29,30). The molecule has 32 heavy (non-hydrogen) atoms. The molecule has 1 aliphatic carbocycles. The van der Waals surface area contributed by atoms with E-state index in [0.717, 1.165) is 17.2 Å². The van der Waals surface area contributed by atoms with Crippen molar-refractivity contribution in [1.82, 2.24) is 5.32 Å². The largest absolute Gasteiger partial charge is 0.481 e. The number of carboxylic acids is 1. The molecule has 1 aromatic heterocycles. The van der Waals surface area contributed by atoms with Crippen LogP contribution in [-0.2, 0) is 10.2 Å². The smallest absolute Gasteiger partial charge is 0.305 e. The molecule has 0 spiro atoms. The van der Waals surface area contributed by atoms with Crippen molar-refractivity contribution in [1.29, 1.82) is 0 Å². The Hall–Kier alpha value is -2.76. The van der Waals surface area contributed by atoms with E-state index in [0.29, 0.717) is 11.5 Å². The van der Waals surface area contributed by atoms with Gasteiger partial charge in [-0.1, -0.05) is 40.0 Å². The fourth-order valence-electron chi connectivity index (χ4n) is 4.37. The fraction of sp³-hybridized carbons (Fsp3) is 0.538. The van der Waals surface area contributed by atoms with Crippen LogP contribution in [0.4, 0.5) is 5.69 Å². The molecule has 3 N–H and O–H groups in total. The number of anilines is 1. The van der Waals surface area contributed by atoms with E-state index in [1.165, 1.54) is 37.7 Å². The van der Waals surface area contributed by atoms with E-state index in [4.69, 9.17) is 9.52 Å². The van der Waals surface area contributed by atoms with E-state index in [1.54, 1.807) is 12.1 Å². The van der Waals surface area contributed by atoms with Crippen molar-refractivity contribution in [2.24, 2.45) is 5.92 Å². The zero-order valence-corrected chi connectivity index (χ0v) is 19.7. The molecule has 1 fully saturated rings. The van der Waals surface area contributed by atoms with Crippen LogP contribution >= 0.6 is 0 Å². The highest BCUT2D eigenvalue weighted by atomic mass is 16.4. The summed E-state index contributed by atoms with van der Waals surface area (Å²) >= 11 is 0. The van der Waals surface area contributed by atoms with Gasteiger partial charge in [-0.05, 0) is 56.0 Å². The maximum absolute atomic E-state index is 12.2. The van der Waals surface area contributed by atoms with Gasteiger partial charge in [-0.25, -0.2) is 0 Å². The lowest BCUT2D eigenvalue weighted by molar-refractivity contribution is -0.136. The molecule has 2 aromatic rings. The number of nitrogens with one attached hydrogen (secondary N) is 2. The molecule has 0 aliphatic heterocycles. The van der Waals surface area contributed by atoms with Gasteiger partial charge in [0.1, 0.15) is 11.5 Å². The summed E-state index contributed by atoms with van der Waals surface area (Å²) in [5, 5.41) is 15.1. The molecule has 1 aromatic carbocycles. The summed E-state index contributed by atoms with van der Waals surface area (Å²) in [5.74, 6) is 1.31. The van der Waals surface area contributed by atoms with Gasteiger partial charge < -0.3 is 20.2 Å². The number of furan rings is 1. The summed E-state index contributed by atoms with van der Waals surface area (Å²) < 4.78 is 6.16. The second kappa shape index (κ2) is 10.2. The second-order valence-corrected chi connectivity index (χ2v) is 9.87. The summed E-state index contributed by atoms with van der Waals surface area (Å²) in [6.45, 7) is 8.66. The van der Waals surface area contributed by atoms with Gasteiger partial charge in [-0.2, -0.15) is 0 Å². The molecule has 1 amide bonds. The zero-order chi connectivity index (χ0) is 23.3. The predicted octanol–water partition coefficient (Wildman–Crippen LogP) is 5.82. The highest BCUT2D eigenvalue weighted by Crippen LogP contribution is 2.40. The quantitative estimate of drug-likeness (QED) is 0.481. The number of carbonyl (C=O) groups excluding carboxylic acids is 1. The van der Waals surface area contributed by atoms with Crippen LogP contribution in [0.15, 0.2) is 34.7 Å². The molecule has 1 saturated carbocycles. The summed E-state index contributed by atoms with van der Waals surface area (Å²) in [5.41, 5.74) is 2.65. The predicted molar refractivity (Wildman–Crippen MR) is 126 cm³/mol. The van der Waals surface area contributed by atoms with Crippen molar-refractivity contribution in [2.75, 3.05) is 11.9 Å². The number of carboxylic acid groups (broad SMARTS) is 1. The number of aliphatic carboxylic acids is 1. The highest BCUT2D eigenvalue weighted by Gasteiger charge is 2.30. The Labute approximate surface area is 190 Å². The molecule has 3 rings (SSSR count). The van der Waals surface area contributed by atoms with Gasteiger partial charge in [0.25, 0.3) is 5.91 Å². The van der Waals surface area contributed by atoms with Gasteiger partial charge >= 0.3 is 5.97 Å². The summed E-state index contributed by atoms with van der Waals surface area (Å²) in [4.78, 5) is 22.9. The minimum Gasteiger partial charge on any atom is -0.481 e. The van der Waals surface area contributed by atoms with E-state index in [9.17, 15) is 9.59 Å². The first kappa shape index (κ1) is 23.9. The number of hydrogen-bond acceptors (Lipinski definition) is 4. The molecule has 1 heterocycles. The molecule has 1 unspecified atom stereocenters. The van der Waals surface area contributed by atoms with E-state index in [-0.39, 0.29) is 30.3 Å². The number of aryl methyl sites for hydroxylation is 1. The maximum atomic E-state index is 12.2. The van der Waals surface area contributed by atoms with Gasteiger partial charge in [-0.3, -0.25) is 9.59 Å². The Morgan fingerprint density at radius 3 is 2.34 bits per heavy atom. The molecule has 1 atom stereocenters. The van der Waals surface area contributed by atoms with Crippen molar-refractivity contribution in [3.63, 3.8) is 0 Å².